The lowest BCUT2D eigenvalue weighted by Crippen LogP contribution is -2.45. The molecule has 0 aromatic carbocycles. The van der Waals surface area contributed by atoms with Gasteiger partial charge in [0.2, 0.25) is 5.91 Å². The number of carbonyl (C=O) groups excluding carboxylic acids is 1. The van der Waals surface area contributed by atoms with Crippen molar-refractivity contribution >= 4 is 13.7 Å². The van der Waals surface area contributed by atoms with Crippen LogP contribution in [0.2, 0.25) is 0 Å². The first-order valence-corrected chi connectivity index (χ1v) is 37.8. The molecule has 0 aliphatic heterocycles. The van der Waals surface area contributed by atoms with Crippen molar-refractivity contribution in [3.05, 3.63) is 109 Å². The molecule has 9 heteroatoms. The molecule has 0 bridgehead atoms. The van der Waals surface area contributed by atoms with E-state index in [1.165, 1.54) is 218 Å². The second-order valence-corrected chi connectivity index (χ2v) is 27.0. The zero-order valence-electron chi connectivity index (χ0n) is 57.0. The largest absolute Gasteiger partial charge is 0.472 e. The van der Waals surface area contributed by atoms with E-state index in [2.05, 4.69) is 116 Å². The maximum Gasteiger partial charge on any atom is 0.472 e. The highest BCUT2D eigenvalue weighted by molar-refractivity contribution is 7.47. The van der Waals surface area contributed by atoms with Crippen LogP contribution in [0.25, 0.3) is 0 Å². The Morgan fingerprint density at radius 1 is 0.407 bits per heavy atom. The number of quaternary nitrogens is 1. The van der Waals surface area contributed by atoms with Crippen LogP contribution in [-0.4, -0.2) is 73.4 Å². The summed E-state index contributed by atoms with van der Waals surface area (Å²) in [6.07, 6.45) is 98.2. The van der Waals surface area contributed by atoms with Gasteiger partial charge in [-0.05, 0) is 89.9 Å². The summed E-state index contributed by atoms with van der Waals surface area (Å²) in [7, 11) is 1.56. The minimum atomic E-state index is -4.37. The number of allylic oxidation sites excluding steroid dienone is 17. The van der Waals surface area contributed by atoms with Crippen LogP contribution in [0, 0.1) is 0 Å². The number of likely N-dealkylation sites (N-methyl/N-ethyl adjacent to an activating group) is 1. The highest BCUT2D eigenvalue weighted by atomic mass is 31.2. The molecule has 8 nitrogen and oxygen atoms in total. The van der Waals surface area contributed by atoms with Gasteiger partial charge in [0.1, 0.15) is 13.2 Å². The van der Waals surface area contributed by atoms with Crippen molar-refractivity contribution in [1.29, 1.82) is 0 Å². The number of aliphatic hydroxyl groups is 1. The molecule has 3 N–H and O–H groups in total. The lowest BCUT2D eigenvalue weighted by molar-refractivity contribution is -0.870. The van der Waals surface area contributed by atoms with Crippen molar-refractivity contribution in [1.82, 2.24) is 5.32 Å². The van der Waals surface area contributed by atoms with Crippen molar-refractivity contribution in [2.24, 2.45) is 0 Å². The number of phosphoric ester groups is 1. The van der Waals surface area contributed by atoms with Crippen molar-refractivity contribution < 1.29 is 32.9 Å². The number of hydrogen-bond donors (Lipinski definition) is 3. The van der Waals surface area contributed by atoms with Crippen LogP contribution in [-0.2, 0) is 18.4 Å². The predicted molar refractivity (Wildman–Crippen MR) is 378 cm³/mol. The number of rotatable bonds is 66. The van der Waals surface area contributed by atoms with E-state index < -0.39 is 20.0 Å². The fourth-order valence-corrected chi connectivity index (χ4v) is 11.1. The molecular formula is C77H140N2O6P+. The predicted octanol–water partition coefficient (Wildman–Crippen LogP) is 23.4. The molecule has 0 aliphatic rings. The molecule has 3 atom stereocenters. The van der Waals surface area contributed by atoms with Crippen LogP contribution in [0.3, 0.4) is 0 Å². The van der Waals surface area contributed by atoms with Crippen molar-refractivity contribution in [2.75, 3.05) is 40.9 Å². The van der Waals surface area contributed by atoms with Gasteiger partial charge in [0.25, 0.3) is 0 Å². The van der Waals surface area contributed by atoms with E-state index in [0.29, 0.717) is 17.4 Å². The summed E-state index contributed by atoms with van der Waals surface area (Å²) >= 11 is 0. The highest BCUT2D eigenvalue weighted by Gasteiger charge is 2.28. The van der Waals surface area contributed by atoms with Gasteiger partial charge in [0.05, 0.1) is 39.9 Å². The smallest absolute Gasteiger partial charge is 0.387 e. The quantitative estimate of drug-likeness (QED) is 0.0243. The number of nitrogens with zero attached hydrogens (tertiary/aromatic N) is 1. The molecule has 0 fully saturated rings. The van der Waals surface area contributed by atoms with Gasteiger partial charge in [-0.3, -0.25) is 13.8 Å². The van der Waals surface area contributed by atoms with E-state index >= 15 is 0 Å². The molecule has 498 valence electrons. The van der Waals surface area contributed by atoms with Crippen molar-refractivity contribution in [3.8, 4) is 0 Å². The molecule has 0 aromatic rings. The third kappa shape index (κ3) is 68.6. The summed E-state index contributed by atoms with van der Waals surface area (Å²) in [4.78, 5) is 23.4. The van der Waals surface area contributed by atoms with Crippen LogP contribution < -0.4 is 5.32 Å². The van der Waals surface area contributed by atoms with Gasteiger partial charge in [-0.15, -0.1) is 0 Å². The number of nitrogens with one attached hydrogen (secondary N) is 1. The van der Waals surface area contributed by atoms with Crippen LogP contribution >= 0.6 is 7.82 Å². The molecule has 0 aromatic heterocycles. The normalized spacial score (nSPS) is 14.3. The van der Waals surface area contributed by atoms with Crippen molar-refractivity contribution in [3.63, 3.8) is 0 Å². The second-order valence-electron chi connectivity index (χ2n) is 25.6. The van der Waals surface area contributed by atoms with Gasteiger partial charge < -0.3 is 19.8 Å². The van der Waals surface area contributed by atoms with Crippen molar-refractivity contribution in [2.45, 2.75) is 334 Å². The Bertz CT molecular complexity index is 1770. The Hall–Kier alpha value is -2.84. The summed E-state index contributed by atoms with van der Waals surface area (Å²) in [6.45, 7) is 4.71. The lowest BCUT2D eigenvalue weighted by atomic mass is 10.0. The van der Waals surface area contributed by atoms with Crippen LogP contribution in [0.1, 0.15) is 322 Å². The Morgan fingerprint density at radius 2 is 0.709 bits per heavy atom. The topological polar surface area (TPSA) is 105 Å². The first-order chi connectivity index (χ1) is 42.0. The Kier molecular flexibility index (Phi) is 64.4. The van der Waals surface area contributed by atoms with Gasteiger partial charge in [-0.25, -0.2) is 4.57 Å². The summed E-state index contributed by atoms with van der Waals surface area (Å²) in [5.74, 6) is -0.184. The molecule has 1 amide bonds. The first kappa shape index (κ1) is 83.2. The number of aliphatic hydroxyl groups excluding tert-OH is 1. The van der Waals surface area contributed by atoms with E-state index in [1.807, 2.05) is 27.2 Å². The SMILES string of the molecule is CC/C=C\C/C=C\C/C=C\C/C=C\C/C=C\C/C=C\C/C=C\CCCCCCCCCCCCCCCCCCCCCC(=O)NC(COP(=O)(O)OCC[N+](C)(C)C)C(O)/C=C/CC/C=C/CCCCCCCCCCCCCCCCCCC. The highest BCUT2D eigenvalue weighted by Crippen LogP contribution is 2.43. The van der Waals surface area contributed by atoms with E-state index in [-0.39, 0.29) is 19.1 Å². The molecule has 0 rings (SSSR count). The molecule has 86 heavy (non-hydrogen) atoms. The molecular weight excluding hydrogens is 1080 g/mol. The van der Waals surface area contributed by atoms with E-state index in [1.54, 1.807) is 6.08 Å². The summed E-state index contributed by atoms with van der Waals surface area (Å²) in [5.41, 5.74) is 0. The molecule has 0 radical (unpaired) electrons. The first-order valence-electron chi connectivity index (χ1n) is 36.3. The molecule has 0 spiro atoms. The van der Waals surface area contributed by atoms with Gasteiger partial charge in [-0.1, -0.05) is 335 Å². The third-order valence-electron chi connectivity index (χ3n) is 16.0. The second kappa shape index (κ2) is 66.6. The van der Waals surface area contributed by atoms with Crippen LogP contribution in [0.4, 0.5) is 0 Å². The lowest BCUT2D eigenvalue weighted by Gasteiger charge is -2.25. The molecule has 0 heterocycles. The standard InChI is InChI=1S/C77H139N2O6P/c1-6-8-10-12-14-16-18-20-22-24-26-28-30-31-32-33-34-35-36-37-38-39-40-41-42-43-44-45-46-47-49-51-53-55-57-59-61-63-65-67-69-71-77(81)78-75(74-85-86(82,83)84-73-72-79(3,4)5)76(80)70-68-66-64-62-60-58-56-54-52-50-48-29-27-25-23-21-19-17-15-13-11-9-7-2/h8,10,14,16,20,22,26,28,31-32,34-35,37-38,60,62,68,70,75-76,80H,6-7,9,11-13,15,17-19,21,23-25,27,29-30,33,36,39-59,61,63-67,69,71-74H2,1-5H3,(H-,78,81,82,83)/p+1/b10-8-,16-14-,22-20-,28-26-,32-31-,35-34-,38-37-,62-60+,70-68+. The summed E-state index contributed by atoms with van der Waals surface area (Å²) < 4.78 is 23.8. The molecule has 0 saturated carbocycles. The summed E-state index contributed by atoms with van der Waals surface area (Å²) in [5, 5.41) is 14.0. The van der Waals surface area contributed by atoms with Gasteiger partial charge in [0.15, 0.2) is 0 Å². The van der Waals surface area contributed by atoms with E-state index in [9.17, 15) is 19.4 Å². The summed E-state index contributed by atoms with van der Waals surface area (Å²) in [6, 6.07) is -0.869. The Morgan fingerprint density at radius 3 is 1.07 bits per heavy atom. The molecule has 0 saturated heterocycles. The zero-order valence-corrected chi connectivity index (χ0v) is 57.9. The minimum Gasteiger partial charge on any atom is -0.387 e. The van der Waals surface area contributed by atoms with Crippen LogP contribution in [0.15, 0.2) is 109 Å². The van der Waals surface area contributed by atoms with Gasteiger partial charge in [-0.2, -0.15) is 0 Å². The Balaban J connectivity index is 4.02. The number of hydrogen-bond acceptors (Lipinski definition) is 5. The third-order valence-corrected chi connectivity index (χ3v) is 17.0. The van der Waals surface area contributed by atoms with Crippen LogP contribution in [0.5, 0.6) is 0 Å². The number of amides is 1. The number of carbonyl (C=O) groups is 1. The molecule has 3 unspecified atom stereocenters. The fourth-order valence-electron chi connectivity index (χ4n) is 10.4. The number of unbranched alkanes of at least 4 members (excludes halogenated alkanes) is 37. The van der Waals surface area contributed by atoms with Gasteiger partial charge in [0, 0.05) is 6.42 Å². The van der Waals surface area contributed by atoms with E-state index in [0.717, 1.165) is 83.5 Å². The molecule has 0 aliphatic carbocycles. The van der Waals surface area contributed by atoms with Gasteiger partial charge >= 0.3 is 7.82 Å². The maximum absolute atomic E-state index is 13.1. The average Bonchev–Trinajstić information content (AvgIpc) is 3.70. The average molecular weight is 1220 g/mol. The maximum atomic E-state index is 13.1. The Labute approximate surface area is 533 Å². The van der Waals surface area contributed by atoms with E-state index in [4.69, 9.17) is 9.05 Å². The monoisotopic (exact) mass is 1220 g/mol. The number of phosphoric acid groups is 1. The fraction of sp³-hybridized carbons (Fsp3) is 0.753. The zero-order chi connectivity index (χ0) is 62.6. The minimum absolute atomic E-state index is 0.0543.